The number of amides is 1. The van der Waals surface area contributed by atoms with E-state index in [2.05, 4.69) is 12.2 Å². The second kappa shape index (κ2) is 6.53. The highest BCUT2D eigenvalue weighted by Gasteiger charge is 2.33. The third kappa shape index (κ3) is 5.15. The van der Waals surface area contributed by atoms with Crippen LogP contribution in [-0.2, 0) is 9.47 Å². The van der Waals surface area contributed by atoms with Gasteiger partial charge < -0.3 is 19.7 Å². The Labute approximate surface area is 128 Å². The van der Waals surface area contributed by atoms with Crippen molar-refractivity contribution in [3.8, 4) is 0 Å². The molecule has 0 bridgehead atoms. The zero-order chi connectivity index (χ0) is 15.5. The van der Waals surface area contributed by atoms with Crippen molar-refractivity contribution in [2.24, 2.45) is 0 Å². The van der Waals surface area contributed by atoms with Gasteiger partial charge in [0.15, 0.2) is 0 Å². The molecule has 2 aliphatic heterocycles. The Morgan fingerprint density at radius 3 is 2.29 bits per heavy atom. The molecule has 0 radical (unpaired) electrons. The summed E-state index contributed by atoms with van der Waals surface area (Å²) in [4.78, 5) is 13.8. The Hall–Kier alpha value is -0.810. The van der Waals surface area contributed by atoms with Crippen LogP contribution in [-0.4, -0.2) is 54.5 Å². The number of piperidine rings is 2. The van der Waals surface area contributed by atoms with E-state index in [1.165, 1.54) is 0 Å². The number of carbonyl (C=O) groups is 1. The van der Waals surface area contributed by atoms with Crippen LogP contribution in [0.4, 0.5) is 4.79 Å². The molecule has 2 heterocycles. The summed E-state index contributed by atoms with van der Waals surface area (Å²) >= 11 is 0. The van der Waals surface area contributed by atoms with E-state index in [0.29, 0.717) is 0 Å². The number of likely N-dealkylation sites (tertiary alicyclic amines) is 1. The van der Waals surface area contributed by atoms with Crippen molar-refractivity contribution < 1.29 is 14.3 Å². The van der Waals surface area contributed by atoms with E-state index >= 15 is 0 Å². The zero-order valence-electron chi connectivity index (χ0n) is 13.9. The van der Waals surface area contributed by atoms with Crippen molar-refractivity contribution in [3.05, 3.63) is 0 Å². The molecule has 0 spiro atoms. The SMILES string of the molecule is CC(C)(C)OC(=O)N1CCC(OC2(C)CCNCC2)CC1. The molecule has 1 amide bonds. The van der Waals surface area contributed by atoms with Crippen LogP contribution in [0.15, 0.2) is 0 Å². The first-order chi connectivity index (χ1) is 9.77. The minimum absolute atomic E-state index is 0.00397. The lowest BCUT2D eigenvalue weighted by Crippen LogP contribution is -2.48. The lowest BCUT2D eigenvalue weighted by atomic mass is 9.93. The summed E-state index contributed by atoms with van der Waals surface area (Å²) in [6, 6.07) is 0. The molecule has 0 aromatic carbocycles. The molecule has 122 valence electrons. The van der Waals surface area contributed by atoms with Crippen molar-refractivity contribution >= 4 is 6.09 Å². The predicted molar refractivity (Wildman–Crippen MR) is 82.4 cm³/mol. The highest BCUT2D eigenvalue weighted by molar-refractivity contribution is 5.68. The molecule has 0 unspecified atom stereocenters. The van der Waals surface area contributed by atoms with Crippen LogP contribution in [0.25, 0.3) is 0 Å². The van der Waals surface area contributed by atoms with E-state index in [4.69, 9.17) is 9.47 Å². The van der Waals surface area contributed by atoms with Crippen LogP contribution in [0.1, 0.15) is 53.4 Å². The van der Waals surface area contributed by atoms with Gasteiger partial charge in [0.25, 0.3) is 0 Å². The van der Waals surface area contributed by atoms with Crippen LogP contribution >= 0.6 is 0 Å². The number of hydrogen-bond acceptors (Lipinski definition) is 4. The molecule has 5 heteroatoms. The van der Waals surface area contributed by atoms with Crippen LogP contribution in [0.5, 0.6) is 0 Å². The van der Waals surface area contributed by atoms with Crippen molar-refractivity contribution in [3.63, 3.8) is 0 Å². The summed E-state index contributed by atoms with van der Waals surface area (Å²) in [6.07, 6.45) is 4.02. The summed E-state index contributed by atoms with van der Waals surface area (Å²) in [6.45, 7) is 11.5. The molecule has 0 aliphatic carbocycles. The molecule has 2 aliphatic rings. The molecular formula is C16H30N2O3. The van der Waals surface area contributed by atoms with Gasteiger partial charge in [-0.05, 0) is 66.5 Å². The van der Waals surface area contributed by atoms with Crippen molar-refractivity contribution in [2.45, 2.75) is 70.7 Å². The number of nitrogens with one attached hydrogen (secondary N) is 1. The predicted octanol–water partition coefficient (Wildman–Crippen LogP) is 2.54. The fourth-order valence-corrected chi connectivity index (χ4v) is 2.96. The first kappa shape index (κ1) is 16.6. The van der Waals surface area contributed by atoms with E-state index in [-0.39, 0.29) is 17.8 Å². The Morgan fingerprint density at radius 2 is 1.76 bits per heavy atom. The lowest BCUT2D eigenvalue weighted by molar-refractivity contribution is -0.114. The molecule has 21 heavy (non-hydrogen) atoms. The van der Waals surface area contributed by atoms with Gasteiger partial charge in [0.2, 0.25) is 0 Å². The number of hydrogen-bond donors (Lipinski definition) is 1. The molecule has 0 aromatic rings. The van der Waals surface area contributed by atoms with Gasteiger partial charge in [0, 0.05) is 13.1 Å². The number of nitrogens with zero attached hydrogens (tertiary/aromatic N) is 1. The summed E-state index contributed by atoms with van der Waals surface area (Å²) in [5.74, 6) is 0. The maximum atomic E-state index is 12.0. The summed E-state index contributed by atoms with van der Waals surface area (Å²) < 4.78 is 11.8. The number of ether oxygens (including phenoxy) is 2. The van der Waals surface area contributed by atoms with Gasteiger partial charge in [-0.2, -0.15) is 0 Å². The smallest absolute Gasteiger partial charge is 0.410 e. The van der Waals surface area contributed by atoms with Crippen LogP contribution in [0, 0.1) is 0 Å². The fourth-order valence-electron chi connectivity index (χ4n) is 2.96. The summed E-state index contributed by atoms with van der Waals surface area (Å²) in [5.41, 5.74) is -0.420. The van der Waals surface area contributed by atoms with Crippen molar-refractivity contribution in [1.82, 2.24) is 10.2 Å². The molecular weight excluding hydrogens is 268 g/mol. The minimum Gasteiger partial charge on any atom is -0.444 e. The lowest BCUT2D eigenvalue weighted by Gasteiger charge is -2.40. The quantitative estimate of drug-likeness (QED) is 0.851. The van der Waals surface area contributed by atoms with E-state index in [1.807, 2.05) is 20.8 Å². The van der Waals surface area contributed by atoms with Gasteiger partial charge in [-0.25, -0.2) is 4.79 Å². The van der Waals surface area contributed by atoms with Crippen molar-refractivity contribution in [1.29, 1.82) is 0 Å². The molecule has 2 fully saturated rings. The van der Waals surface area contributed by atoms with Gasteiger partial charge >= 0.3 is 6.09 Å². The van der Waals surface area contributed by atoms with E-state index in [1.54, 1.807) is 4.90 Å². The van der Waals surface area contributed by atoms with E-state index in [0.717, 1.165) is 51.9 Å². The second-order valence-corrected chi connectivity index (χ2v) is 7.48. The Kier molecular flexibility index (Phi) is 5.15. The third-order valence-electron chi connectivity index (χ3n) is 4.21. The summed E-state index contributed by atoms with van der Waals surface area (Å²) in [7, 11) is 0. The summed E-state index contributed by atoms with van der Waals surface area (Å²) in [5, 5.41) is 3.37. The molecule has 0 atom stereocenters. The van der Waals surface area contributed by atoms with E-state index in [9.17, 15) is 4.79 Å². The van der Waals surface area contributed by atoms with Gasteiger partial charge in [0.1, 0.15) is 5.60 Å². The minimum atomic E-state index is -0.424. The maximum absolute atomic E-state index is 12.0. The highest BCUT2D eigenvalue weighted by Crippen LogP contribution is 2.28. The average molecular weight is 298 g/mol. The molecule has 1 N–H and O–H groups in total. The Morgan fingerprint density at radius 1 is 1.19 bits per heavy atom. The monoisotopic (exact) mass is 298 g/mol. The van der Waals surface area contributed by atoms with Crippen LogP contribution < -0.4 is 5.32 Å². The molecule has 0 saturated carbocycles. The molecule has 0 aromatic heterocycles. The van der Waals surface area contributed by atoms with Gasteiger partial charge in [-0.1, -0.05) is 0 Å². The highest BCUT2D eigenvalue weighted by atomic mass is 16.6. The van der Waals surface area contributed by atoms with Gasteiger partial charge in [-0.15, -0.1) is 0 Å². The normalized spacial score (nSPS) is 23.9. The Balaban J connectivity index is 1.76. The van der Waals surface area contributed by atoms with Crippen LogP contribution in [0.2, 0.25) is 0 Å². The van der Waals surface area contributed by atoms with E-state index < -0.39 is 5.60 Å². The Bertz CT molecular complexity index is 351. The number of carbonyl (C=O) groups excluding carboxylic acids is 1. The fraction of sp³-hybridized carbons (Fsp3) is 0.938. The maximum Gasteiger partial charge on any atom is 0.410 e. The molecule has 2 rings (SSSR count). The van der Waals surface area contributed by atoms with Crippen LogP contribution in [0.3, 0.4) is 0 Å². The third-order valence-corrected chi connectivity index (χ3v) is 4.21. The second-order valence-electron chi connectivity index (χ2n) is 7.48. The zero-order valence-corrected chi connectivity index (χ0v) is 13.9. The van der Waals surface area contributed by atoms with Crippen molar-refractivity contribution in [2.75, 3.05) is 26.2 Å². The number of rotatable bonds is 2. The van der Waals surface area contributed by atoms with Gasteiger partial charge in [-0.3, -0.25) is 0 Å². The standard InChI is InChI=1S/C16H30N2O3/c1-15(2,3)21-14(19)18-11-5-13(6-12-18)20-16(4)7-9-17-10-8-16/h13,17H,5-12H2,1-4H3. The van der Waals surface area contributed by atoms with Gasteiger partial charge in [0.05, 0.1) is 11.7 Å². The molecule has 5 nitrogen and oxygen atoms in total. The largest absolute Gasteiger partial charge is 0.444 e. The average Bonchev–Trinajstić information content (AvgIpc) is 2.38. The molecule has 2 saturated heterocycles. The topological polar surface area (TPSA) is 50.8 Å². The first-order valence-electron chi connectivity index (χ1n) is 8.14. The first-order valence-corrected chi connectivity index (χ1v) is 8.14.